The second kappa shape index (κ2) is 8.92. The van der Waals surface area contributed by atoms with Crippen molar-refractivity contribution in [3.8, 4) is 5.88 Å². The summed E-state index contributed by atoms with van der Waals surface area (Å²) in [5.74, 6) is 0.772. The lowest BCUT2D eigenvalue weighted by Crippen LogP contribution is -2.16. The Bertz CT molecular complexity index is 366. The fraction of sp³-hybridized carbons (Fsp3) is 0.688. The molecule has 1 heterocycles. The second-order valence-corrected chi connectivity index (χ2v) is 5.05. The van der Waals surface area contributed by atoms with Crippen LogP contribution in [0.5, 0.6) is 5.88 Å². The standard InChI is InChI=1S/C16H28N2O/c1-5-8-13(4)19-16-11-14(12-17-9-6-2)10-15(7-3)18-16/h10-11,13,17H,5-9,12H2,1-4H3. The van der Waals surface area contributed by atoms with E-state index in [1.165, 1.54) is 5.56 Å². The Morgan fingerprint density at radius 3 is 2.63 bits per heavy atom. The molecule has 19 heavy (non-hydrogen) atoms. The van der Waals surface area contributed by atoms with E-state index >= 15 is 0 Å². The van der Waals surface area contributed by atoms with Gasteiger partial charge >= 0.3 is 0 Å². The van der Waals surface area contributed by atoms with Crippen LogP contribution in [0, 0.1) is 0 Å². The zero-order valence-corrected chi connectivity index (χ0v) is 12.8. The molecule has 0 amide bonds. The van der Waals surface area contributed by atoms with Crippen LogP contribution in [0.15, 0.2) is 12.1 Å². The molecule has 0 fully saturated rings. The lowest BCUT2D eigenvalue weighted by atomic mass is 10.2. The van der Waals surface area contributed by atoms with Gasteiger partial charge in [0.25, 0.3) is 0 Å². The highest BCUT2D eigenvalue weighted by Crippen LogP contribution is 2.16. The summed E-state index contributed by atoms with van der Waals surface area (Å²) >= 11 is 0. The Kier molecular flexibility index (Phi) is 7.49. The van der Waals surface area contributed by atoms with Crippen molar-refractivity contribution in [3.05, 3.63) is 23.4 Å². The van der Waals surface area contributed by atoms with E-state index in [0.29, 0.717) is 0 Å². The number of aromatic nitrogens is 1. The number of pyridine rings is 1. The first-order valence-corrected chi connectivity index (χ1v) is 7.56. The molecular weight excluding hydrogens is 236 g/mol. The number of aryl methyl sites for hydroxylation is 1. The Morgan fingerprint density at radius 1 is 1.21 bits per heavy atom. The number of hydrogen-bond acceptors (Lipinski definition) is 3. The fourth-order valence-corrected chi connectivity index (χ4v) is 2.04. The van der Waals surface area contributed by atoms with Gasteiger partial charge in [0, 0.05) is 18.3 Å². The molecule has 1 rings (SSSR count). The second-order valence-electron chi connectivity index (χ2n) is 5.05. The first-order chi connectivity index (χ1) is 9.19. The molecule has 0 aliphatic carbocycles. The third-order valence-electron chi connectivity index (χ3n) is 3.05. The largest absolute Gasteiger partial charge is 0.475 e. The number of hydrogen-bond donors (Lipinski definition) is 1. The van der Waals surface area contributed by atoms with Gasteiger partial charge in [-0.3, -0.25) is 0 Å². The van der Waals surface area contributed by atoms with E-state index in [2.05, 4.69) is 50.1 Å². The van der Waals surface area contributed by atoms with Gasteiger partial charge in [0.2, 0.25) is 5.88 Å². The van der Waals surface area contributed by atoms with E-state index in [1.807, 2.05) is 0 Å². The SMILES string of the molecule is CCCNCc1cc(CC)nc(OC(C)CCC)c1. The molecule has 1 aromatic rings. The highest BCUT2D eigenvalue weighted by molar-refractivity contribution is 5.25. The van der Waals surface area contributed by atoms with Gasteiger partial charge in [-0.25, -0.2) is 4.98 Å². The smallest absolute Gasteiger partial charge is 0.214 e. The molecule has 108 valence electrons. The average Bonchev–Trinajstić information content (AvgIpc) is 2.39. The molecule has 0 aromatic carbocycles. The first-order valence-electron chi connectivity index (χ1n) is 7.56. The summed E-state index contributed by atoms with van der Waals surface area (Å²) in [6, 6.07) is 4.23. The Balaban J connectivity index is 2.71. The van der Waals surface area contributed by atoms with Crippen molar-refractivity contribution in [2.75, 3.05) is 6.54 Å². The summed E-state index contributed by atoms with van der Waals surface area (Å²) in [5, 5.41) is 3.43. The minimum Gasteiger partial charge on any atom is -0.475 e. The summed E-state index contributed by atoms with van der Waals surface area (Å²) in [6.07, 6.45) is 4.55. The topological polar surface area (TPSA) is 34.2 Å². The molecule has 1 aromatic heterocycles. The summed E-state index contributed by atoms with van der Waals surface area (Å²) in [4.78, 5) is 4.55. The number of nitrogens with one attached hydrogen (secondary N) is 1. The lowest BCUT2D eigenvalue weighted by Gasteiger charge is -2.15. The van der Waals surface area contributed by atoms with Crippen LogP contribution in [0.4, 0.5) is 0 Å². The zero-order valence-electron chi connectivity index (χ0n) is 12.8. The van der Waals surface area contributed by atoms with Crippen LogP contribution in [0.25, 0.3) is 0 Å². The average molecular weight is 264 g/mol. The molecule has 3 heteroatoms. The van der Waals surface area contributed by atoms with Gasteiger partial charge in [-0.2, -0.15) is 0 Å². The monoisotopic (exact) mass is 264 g/mol. The minimum atomic E-state index is 0.237. The Hall–Kier alpha value is -1.09. The molecule has 1 atom stereocenters. The van der Waals surface area contributed by atoms with E-state index < -0.39 is 0 Å². The molecular formula is C16H28N2O. The highest BCUT2D eigenvalue weighted by Gasteiger charge is 2.07. The molecule has 0 spiro atoms. The molecule has 0 aliphatic heterocycles. The van der Waals surface area contributed by atoms with Crippen LogP contribution in [0.2, 0.25) is 0 Å². The molecule has 1 N–H and O–H groups in total. The van der Waals surface area contributed by atoms with Crippen molar-refractivity contribution in [2.24, 2.45) is 0 Å². The molecule has 0 aliphatic rings. The van der Waals surface area contributed by atoms with E-state index in [9.17, 15) is 0 Å². The van der Waals surface area contributed by atoms with Crippen molar-refractivity contribution in [3.63, 3.8) is 0 Å². The Labute approximate surface area is 117 Å². The maximum absolute atomic E-state index is 5.91. The van der Waals surface area contributed by atoms with Crippen molar-refractivity contribution in [2.45, 2.75) is 66.0 Å². The summed E-state index contributed by atoms with van der Waals surface area (Å²) < 4.78 is 5.91. The number of ether oxygens (including phenoxy) is 1. The van der Waals surface area contributed by atoms with Crippen LogP contribution >= 0.6 is 0 Å². The summed E-state index contributed by atoms with van der Waals surface area (Å²) in [6.45, 7) is 10.5. The van der Waals surface area contributed by atoms with E-state index in [0.717, 1.165) is 50.3 Å². The molecule has 0 saturated heterocycles. The molecule has 0 saturated carbocycles. The lowest BCUT2D eigenvalue weighted by molar-refractivity contribution is 0.201. The molecule has 1 unspecified atom stereocenters. The number of nitrogens with zero attached hydrogens (tertiary/aromatic N) is 1. The first kappa shape index (κ1) is 16.0. The van der Waals surface area contributed by atoms with Crippen LogP contribution in [-0.4, -0.2) is 17.6 Å². The Morgan fingerprint density at radius 2 is 2.00 bits per heavy atom. The highest BCUT2D eigenvalue weighted by atomic mass is 16.5. The van der Waals surface area contributed by atoms with Crippen LogP contribution < -0.4 is 10.1 Å². The molecule has 0 radical (unpaired) electrons. The maximum atomic E-state index is 5.91. The van der Waals surface area contributed by atoms with Crippen LogP contribution in [-0.2, 0) is 13.0 Å². The van der Waals surface area contributed by atoms with Gasteiger partial charge in [0.15, 0.2) is 0 Å². The van der Waals surface area contributed by atoms with Crippen molar-refractivity contribution >= 4 is 0 Å². The molecule has 3 nitrogen and oxygen atoms in total. The molecule has 0 bridgehead atoms. The third-order valence-corrected chi connectivity index (χ3v) is 3.05. The normalized spacial score (nSPS) is 12.4. The van der Waals surface area contributed by atoms with E-state index in [-0.39, 0.29) is 6.10 Å². The summed E-state index contributed by atoms with van der Waals surface area (Å²) in [7, 11) is 0. The van der Waals surface area contributed by atoms with Crippen LogP contribution in [0.3, 0.4) is 0 Å². The van der Waals surface area contributed by atoms with E-state index in [1.54, 1.807) is 0 Å². The van der Waals surface area contributed by atoms with Crippen molar-refractivity contribution < 1.29 is 4.74 Å². The fourth-order valence-electron chi connectivity index (χ4n) is 2.04. The number of rotatable bonds is 9. The van der Waals surface area contributed by atoms with Gasteiger partial charge in [-0.15, -0.1) is 0 Å². The van der Waals surface area contributed by atoms with Gasteiger partial charge < -0.3 is 10.1 Å². The van der Waals surface area contributed by atoms with Gasteiger partial charge in [0.05, 0.1) is 6.10 Å². The summed E-state index contributed by atoms with van der Waals surface area (Å²) in [5.41, 5.74) is 2.37. The van der Waals surface area contributed by atoms with Crippen LogP contribution in [0.1, 0.15) is 58.2 Å². The maximum Gasteiger partial charge on any atom is 0.214 e. The van der Waals surface area contributed by atoms with Crippen molar-refractivity contribution in [1.29, 1.82) is 0 Å². The zero-order chi connectivity index (χ0) is 14.1. The van der Waals surface area contributed by atoms with Gasteiger partial charge in [0.1, 0.15) is 0 Å². The van der Waals surface area contributed by atoms with Crippen molar-refractivity contribution in [1.82, 2.24) is 10.3 Å². The quantitative estimate of drug-likeness (QED) is 0.690. The predicted octanol–water partition coefficient (Wildman–Crippen LogP) is 3.71. The van der Waals surface area contributed by atoms with Gasteiger partial charge in [-0.05, 0) is 44.4 Å². The predicted molar refractivity (Wildman–Crippen MR) is 80.6 cm³/mol. The van der Waals surface area contributed by atoms with E-state index in [4.69, 9.17) is 4.74 Å². The van der Waals surface area contributed by atoms with Gasteiger partial charge in [-0.1, -0.05) is 27.2 Å². The third kappa shape index (κ3) is 6.06. The minimum absolute atomic E-state index is 0.237.